The van der Waals surface area contributed by atoms with Crippen LogP contribution < -0.4 is 5.73 Å². The van der Waals surface area contributed by atoms with Crippen LogP contribution in [0.25, 0.3) is 0 Å². The summed E-state index contributed by atoms with van der Waals surface area (Å²) in [5.74, 6) is 0.488. The normalized spacial score (nSPS) is 28.1. The number of hydrogen-bond acceptors (Lipinski definition) is 2. The van der Waals surface area contributed by atoms with Crippen LogP contribution in [-0.2, 0) is 4.79 Å². The minimum Gasteiger partial charge on any atom is -0.336 e. The third-order valence-electron chi connectivity index (χ3n) is 3.66. The molecule has 2 rings (SSSR count). The highest BCUT2D eigenvalue weighted by molar-refractivity contribution is 5.85. The van der Waals surface area contributed by atoms with Crippen LogP contribution in [0.1, 0.15) is 38.5 Å². The van der Waals surface area contributed by atoms with E-state index in [1.807, 2.05) is 11.0 Å². The van der Waals surface area contributed by atoms with Crippen LogP contribution in [0.2, 0.25) is 0 Å². The Balaban J connectivity index is 0.00000144. The molecule has 2 N–H and O–H groups in total. The van der Waals surface area contributed by atoms with Gasteiger partial charge in [-0.15, -0.1) is 19.0 Å². The lowest BCUT2D eigenvalue weighted by Gasteiger charge is -2.31. The van der Waals surface area contributed by atoms with Crippen molar-refractivity contribution in [3.05, 3.63) is 12.7 Å². The Morgan fingerprint density at radius 1 is 1.35 bits per heavy atom. The fraction of sp³-hybridized carbons (Fsp3) is 0.769. The van der Waals surface area contributed by atoms with Crippen molar-refractivity contribution < 1.29 is 4.79 Å². The van der Waals surface area contributed by atoms with Crippen LogP contribution in [0, 0.1) is 5.92 Å². The van der Waals surface area contributed by atoms with Crippen molar-refractivity contribution in [2.24, 2.45) is 11.7 Å². The van der Waals surface area contributed by atoms with Gasteiger partial charge in [-0.3, -0.25) is 4.79 Å². The molecule has 2 unspecified atom stereocenters. The zero-order chi connectivity index (χ0) is 11.5. The zero-order valence-corrected chi connectivity index (χ0v) is 11.1. The molecule has 2 aliphatic rings. The molecule has 17 heavy (non-hydrogen) atoms. The van der Waals surface area contributed by atoms with Crippen molar-refractivity contribution in [3.8, 4) is 0 Å². The molecule has 0 aliphatic heterocycles. The topological polar surface area (TPSA) is 46.3 Å². The molecule has 0 bridgehead atoms. The second-order valence-corrected chi connectivity index (χ2v) is 5.13. The van der Waals surface area contributed by atoms with Crippen molar-refractivity contribution in [2.45, 2.75) is 50.6 Å². The molecule has 0 aromatic carbocycles. The molecular weight excluding hydrogens is 236 g/mol. The van der Waals surface area contributed by atoms with Crippen molar-refractivity contribution in [1.82, 2.24) is 4.90 Å². The Labute approximate surface area is 110 Å². The smallest absolute Gasteiger partial charge is 0.226 e. The van der Waals surface area contributed by atoms with E-state index < -0.39 is 0 Å². The second-order valence-electron chi connectivity index (χ2n) is 5.13. The maximum Gasteiger partial charge on any atom is 0.226 e. The first kappa shape index (κ1) is 14.5. The maximum absolute atomic E-state index is 12.3. The van der Waals surface area contributed by atoms with E-state index in [9.17, 15) is 4.79 Å². The van der Waals surface area contributed by atoms with Gasteiger partial charge in [-0.05, 0) is 32.1 Å². The number of rotatable bonds is 4. The molecule has 2 aliphatic carbocycles. The molecular formula is C13H23ClN2O. The lowest BCUT2D eigenvalue weighted by Crippen LogP contribution is -2.41. The molecule has 0 aromatic rings. The maximum atomic E-state index is 12.3. The van der Waals surface area contributed by atoms with Crippen molar-refractivity contribution >= 4 is 18.3 Å². The number of carbonyl (C=O) groups is 1. The van der Waals surface area contributed by atoms with E-state index in [-0.39, 0.29) is 24.4 Å². The molecule has 0 saturated heterocycles. The molecule has 1 amide bonds. The summed E-state index contributed by atoms with van der Waals surface area (Å²) in [7, 11) is 0. The first-order valence-electron chi connectivity index (χ1n) is 6.39. The zero-order valence-electron chi connectivity index (χ0n) is 10.3. The van der Waals surface area contributed by atoms with Crippen molar-refractivity contribution in [2.75, 3.05) is 6.54 Å². The summed E-state index contributed by atoms with van der Waals surface area (Å²) >= 11 is 0. The third kappa shape index (κ3) is 3.71. The summed E-state index contributed by atoms with van der Waals surface area (Å²) in [5.41, 5.74) is 5.94. The van der Waals surface area contributed by atoms with Gasteiger partial charge in [0.2, 0.25) is 5.91 Å². The summed E-state index contributed by atoms with van der Waals surface area (Å²) in [4.78, 5) is 14.3. The van der Waals surface area contributed by atoms with Crippen LogP contribution >= 0.6 is 12.4 Å². The van der Waals surface area contributed by atoms with E-state index in [1.165, 1.54) is 12.8 Å². The average molecular weight is 259 g/mol. The number of amides is 1. The van der Waals surface area contributed by atoms with E-state index >= 15 is 0 Å². The number of hydrogen-bond donors (Lipinski definition) is 1. The second kappa shape index (κ2) is 6.41. The summed E-state index contributed by atoms with van der Waals surface area (Å²) in [6, 6.07) is 0.719. The molecule has 98 valence electrons. The monoisotopic (exact) mass is 258 g/mol. The Bertz CT molecular complexity index is 279. The van der Waals surface area contributed by atoms with Crippen molar-refractivity contribution in [3.63, 3.8) is 0 Å². The lowest BCUT2D eigenvalue weighted by atomic mass is 9.85. The quantitative estimate of drug-likeness (QED) is 0.785. The molecule has 2 saturated carbocycles. The number of carbonyl (C=O) groups excluding carboxylic acids is 1. The summed E-state index contributed by atoms with van der Waals surface area (Å²) in [6.45, 7) is 4.44. The highest BCUT2D eigenvalue weighted by Crippen LogP contribution is 2.31. The van der Waals surface area contributed by atoms with Crippen LogP contribution in [0.4, 0.5) is 0 Å². The van der Waals surface area contributed by atoms with Crippen LogP contribution in [0.15, 0.2) is 12.7 Å². The van der Waals surface area contributed by atoms with E-state index in [2.05, 4.69) is 6.58 Å². The molecule has 0 radical (unpaired) electrons. The molecule has 0 heterocycles. The summed E-state index contributed by atoms with van der Waals surface area (Å²) in [6.07, 6.45) is 8.24. The van der Waals surface area contributed by atoms with Crippen LogP contribution in [-0.4, -0.2) is 29.4 Å². The number of nitrogens with two attached hydrogens (primary N) is 1. The van der Waals surface area contributed by atoms with Gasteiger partial charge in [-0.25, -0.2) is 0 Å². The standard InChI is InChI=1S/C13H22N2O.ClH/c1-2-8-15(12-6-7-12)13(16)10-4-3-5-11(14)9-10;/h2,10-12H,1,3-9,14H2;1H. The Hall–Kier alpha value is -0.540. The lowest BCUT2D eigenvalue weighted by molar-refractivity contribution is -0.136. The van der Waals surface area contributed by atoms with Gasteiger partial charge in [0, 0.05) is 24.5 Å². The first-order valence-corrected chi connectivity index (χ1v) is 6.39. The van der Waals surface area contributed by atoms with Gasteiger partial charge >= 0.3 is 0 Å². The van der Waals surface area contributed by atoms with Crippen LogP contribution in [0.3, 0.4) is 0 Å². The Morgan fingerprint density at radius 2 is 2.06 bits per heavy atom. The van der Waals surface area contributed by atoms with Crippen molar-refractivity contribution in [1.29, 1.82) is 0 Å². The van der Waals surface area contributed by atoms with Gasteiger partial charge in [-0.2, -0.15) is 0 Å². The molecule has 3 nitrogen and oxygen atoms in total. The molecule has 0 spiro atoms. The van der Waals surface area contributed by atoms with Gasteiger partial charge in [0.05, 0.1) is 0 Å². The minimum atomic E-state index is 0. The molecule has 2 fully saturated rings. The van der Waals surface area contributed by atoms with Gasteiger partial charge < -0.3 is 10.6 Å². The summed E-state index contributed by atoms with van der Waals surface area (Å²) < 4.78 is 0. The van der Waals surface area contributed by atoms with Crippen LogP contribution in [0.5, 0.6) is 0 Å². The minimum absolute atomic E-state index is 0. The van der Waals surface area contributed by atoms with E-state index in [0.29, 0.717) is 18.5 Å². The largest absolute Gasteiger partial charge is 0.336 e. The average Bonchev–Trinajstić information content (AvgIpc) is 3.09. The Kier molecular flexibility index (Phi) is 5.47. The summed E-state index contributed by atoms with van der Waals surface area (Å²) in [5, 5.41) is 0. The first-order chi connectivity index (χ1) is 7.72. The molecule has 2 atom stereocenters. The van der Waals surface area contributed by atoms with E-state index in [1.54, 1.807) is 0 Å². The van der Waals surface area contributed by atoms with Gasteiger partial charge in [0.25, 0.3) is 0 Å². The fourth-order valence-electron chi connectivity index (χ4n) is 2.63. The highest BCUT2D eigenvalue weighted by Gasteiger charge is 2.36. The SMILES string of the molecule is C=CCN(C(=O)C1CCCC(N)C1)C1CC1.Cl. The third-order valence-corrected chi connectivity index (χ3v) is 3.66. The molecule has 4 heteroatoms. The molecule has 0 aromatic heterocycles. The predicted molar refractivity (Wildman–Crippen MR) is 72.1 cm³/mol. The Morgan fingerprint density at radius 3 is 2.59 bits per heavy atom. The van der Waals surface area contributed by atoms with E-state index in [4.69, 9.17) is 5.73 Å². The van der Waals surface area contributed by atoms with Gasteiger partial charge in [-0.1, -0.05) is 12.5 Å². The number of nitrogens with zero attached hydrogens (tertiary/aromatic N) is 1. The van der Waals surface area contributed by atoms with Gasteiger partial charge in [0.1, 0.15) is 0 Å². The predicted octanol–water partition coefficient (Wildman–Crippen LogP) is 2.10. The van der Waals surface area contributed by atoms with E-state index in [0.717, 1.165) is 25.7 Å². The fourth-order valence-corrected chi connectivity index (χ4v) is 2.63. The van der Waals surface area contributed by atoms with Gasteiger partial charge in [0.15, 0.2) is 0 Å². The number of halogens is 1. The highest BCUT2D eigenvalue weighted by atomic mass is 35.5.